The van der Waals surface area contributed by atoms with Crippen LogP contribution >= 0.6 is 0 Å². The summed E-state index contributed by atoms with van der Waals surface area (Å²) in [7, 11) is 1.66. The average molecular weight is 419 g/mol. The Kier molecular flexibility index (Phi) is 4.86. The minimum Gasteiger partial charge on any atom is -0.369 e. The number of carbonyl (C=O) groups is 2. The molecule has 3 heterocycles. The van der Waals surface area contributed by atoms with Gasteiger partial charge >= 0.3 is 5.69 Å². The molecule has 8 heteroatoms. The van der Waals surface area contributed by atoms with E-state index in [1.165, 1.54) is 14.9 Å². The van der Waals surface area contributed by atoms with Crippen LogP contribution in [0.1, 0.15) is 19.3 Å². The maximum Gasteiger partial charge on any atom is 0.348 e. The van der Waals surface area contributed by atoms with E-state index in [-0.39, 0.29) is 24.7 Å². The fraction of sp³-hybridized carbons (Fsp3) is 0.348. The molecule has 8 nitrogen and oxygen atoms in total. The van der Waals surface area contributed by atoms with Crippen LogP contribution in [0.4, 0.5) is 5.69 Å². The first kappa shape index (κ1) is 19.6. The first-order chi connectivity index (χ1) is 15.0. The van der Waals surface area contributed by atoms with Crippen LogP contribution in [0, 0.1) is 0 Å². The van der Waals surface area contributed by atoms with Crippen molar-refractivity contribution in [1.29, 1.82) is 0 Å². The van der Waals surface area contributed by atoms with Crippen LogP contribution in [-0.2, 0) is 16.6 Å². The van der Waals surface area contributed by atoms with Crippen molar-refractivity contribution in [3.8, 4) is 11.1 Å². The first-order valence-corrected chi connectivity index (χ1v) is 10.7. The second kappa shape index (κ2) is 7.70. The number of aromatic nitrogens is 2. The van der Waals surface area contributed by atoms with Crippen molar-refractivity contribution in [2.24, 2.45) is 7.05 Å². The van der Waals surface area contributed by atoms with E-state index in [0.29, 0.717) is 17.5 Å². The number of nitrogens with zero attached hydrogens (tertiary/aromatic N) is 4. The molecule has 31 heavy (non-hydrogen) atoms. The second-order valence-electron chi connectivity index (χ2n) is 8.09. The molecule has 0 radical (unpaired) electrons. The first-order valence-electron chi connectivity index (χ1n) is 10.7. The minimum absolute atomic E-state index is 0.270. The number of carbonyl (C=O) groups excluding carboxylic acids is 2. The largest absolute Gasteiger partial charge is 0.369 e. The Labute approximate surface area is 179 Å². The molecule has 0 saturated carbocycles. The molecule has 5 rings (SSSR count). The van der Waals surface area contributed by atoms with Crippen LogP contribution in [0.25, 0.3) is 22.2 Å². The molecule has 1 N–H and O–H groups in total. The third kappa shape index (κ3) is 3.33. The number of aryl methyl sites for hydroxylation is 1. The summed E-state index contributed by atoms with van der Waals surface area (Å²) in [4.78, 5) is 40.1. The van der Waals surface area contributed by atoms with Gasteiger partial charge < -0.3 is 10.2 Å². The summed E-state index contributed by atoms with van der Waals surface area (Å²) >= 11 is 0. The van der Waals surface area contributed by atoms with Crippen LogP contribution < -0.4 is 20.9 Å². The number of anilines is 1. The number of nitrogens with one attached hydrogen (secondary N) is 1. The number of hydrogen-bond acceptors (Lipinski definition) is 5. The van der Waals surface area contributed by atoms with Crippen molar-refractivity contribution in [2.75, 3.05) is 36.1 Å². The molecule has 0 spiro atoms. The van der Waals surface area contributed by atoms with Gasteiger partial charge in [0.25, 0.3) is 0 Å². The zero-order valence-electron chi connectivity index (χ0n) is 17.5. The standard InChI is InChI=1S/C23H25N5O3/c1-25-20-15-17(16-5-8-18(9-6-16)26-13-11-24-12-14-26)7-10-19(20)27(23(25)31)28-21(29)3-2-4-22(28)30/h5-10,15,24H,2-4,11-14H2,1H3. The Bertz CT molecular complexity index is 1200. The normalized spacial score (nSPS) is 17.6. The lowest BCUT2D eigenvalue weighted by Crippen LogP contribution is -2.52. The van der Waals surface area contributed by atoms with E-state index in [2.05, 4.69) is 34.5 Å². The van der Waals surface area contributed by atoms with Crippen molar-refractivity contribution >= 4 is 28.5 Å². The minimum atomic E-state index is -0.398. The molecule has 160 valence electrons. The van der Waals surface area contributed by atoms with Crippen LogP contribution in [0.5, 0.6) is 0 Å². The van der Waals surface area contributed by atoms with E-state index in [1.807, 2.05) is 18.2 Å². The van der Waals surface area contributed by atoms with Crippen molar-refractivity contribution in [3.05, 3.63) is 52.9 Å². The topological polar surface area (TPSA) is 79.6 Å². The number of imidazole rings is 1. The van der Waals surface area contributed by atoms with Crippen molar-refractivity contribution in [3.63, 3.8) is 0 Å². The van der Waals surface area contributed by atoms with Gasteiger partial charge in [-0.1, -0.05) is 18.2 Å². The molecule has 1 aromatic heterocycles. The molecule has 0 atom stereocenters. The van der Waals surface area contributed by atoms with Crippen LogP contribution in [-0.4, -0.2) is 47.2 Å². The molecule has 2 amide bonds. The molecule has 2 aliphatic rings. The zero-order valence-corrected chi connectivity index (χ0v) is 17.5. The maximum atomic E-state index is 12.9. The van der Waals surface area contributed by atoms with E-state index in [9.17, 15) is 14.4 Å². The Morgan fingerprint density at radius 1 is 0.806 bits per heavy atom. The SMILES string of the molecule is Cn1c(=O)n(N2C(=O)CCCC2=O)c2ccc(-c3ccc(N4CCNCC4)cc3)cc21. The molecule has 2 saturated heterocycles. The van der Waals surface area contributed by atoms with Gasteiger partial charge in [0.2, 0.25) is 11.8 Å². The lowest BCUT2D eigenvalue weighted by molar-refractivity contribution is -0.131. The predicted molar refractivity (Wildman–Crippen MR) is 120 cm³/mol. The Morgan fingerprint density at radius 2 is 1.45 bits per heavy atom. The summed E-state index contributed by atoms with van der Waals surface area (Å²) in [5.74, 6) is -0.670. The van der Waals surface area contributed by atoms with E-state index in [1.54, 1.807) is 7.05 Å². The van der Waals surface area contributed by atoms with E-state index in [4.69, 9.17) is 0 Å². The number of piperazine rings is 1. The smallest absolute Gasteiger partial charge is 0.348 e. The van der Waals surface area contributed by atoms with Gasteiger partial charge in [0, 0.05) is 51.8 Å². The number of rotatable bonds is 3. The van der Waals surface area contributed by atoms with Gasteiger partial charge in [-0.15, -0.1) is 0 Å². The van der Waals surface area contributed by atoms with E-state index < -0.39 is 5.69 Å². The number of fused-ring (bicyclic) bond motifs is 1. The van der Waals surface area contributed by atoms with Gasteiger partial charge in [-0.2, -0.15) is 9.69 Å². The molecular weight excluding hydrogens is 394 g/mol. The Morgan fingerprint density at radius 3 is 2.13 bits per heavy atom. The third-order valence-electron chi connectivity index (χ3n) is 6.17. The highest BCUT2D eigenvalue weighted by molar-refractivity contribution is 6.11. The Balaban J connectivity index is 1.52. The van der Waals surface area contributed by atoms with Gasteiger partial charge in [-0.05, 0) is 41.8 Å². The molecule has 0 aliphatic carbocycles. The average Bonchev–Trinajstić information content (AvgIpc) is 3.04. The number of hydrogen-bond donors (Lipinski definition) is 1. The maximum absolute atomic E-state index is 12.9. The number of amides is 2. The highest BCUT2D eigenvalue weighted by atomic mass is 16.2. The van der Waals surface area contributed by atoms with Gasteiger partial charge in [-0.3, -0.25) is 14.2 Å². The molecule has 2 aromatic carbocycles. The highest BCUT2D eigenvalue weighted by Gasteiger charge is 2.31. The summed E-state index contributed by atoms with van der Waals surface area (Å²) < 4.78 is 2.71. The van der Waals surface area contributed by atoms with Crippen molar-refractivity contribution < 1.29 is 9.59 Å². The van der Waals surface area contributed by atoms with Crippen LogP contribution in [0.2, 0.25) is 0 Å². The second-order valence-corrected chi connectivity index (χ2v) is 8.09. The Hall–Kier alpha value is -3.39. The van der Waals surface area contributed by atoms with Crippen LogP contribution in [0.15, 0.2) is 47.3 Å². The van der Waals surface area contributed by atoms with Crippen molar-refractivity contribution in [1.82, 2.24) is 14.6 Å². The summed E-state index contributed by atoms with van der Waals surface area (Å²) in [6.07, 6.45) is 1.07. The highest BCUT2D eigenvalue weighted by Crippen LogP contribution is 2.27. The summed E-state index contributed by atoms with van der Waals surface area (Å²) in [5.41, 5.74) is 4.06. The molecule has 0 bridgehead atoms. The summed E-state index contributed by atoms with van der Waals surface area (Å²) in [6, 6.07) is 14.1. The molecular formula is C23H25N5O3. The predicted octanol–water partition coefficient (Wildman–Crippen LogP) is 1.59. The van der Waals surface area contributed by atoms with Gasteiger partial charge in [-0.25, -0.2) is 4.79 Å². The lowest BCUT2D eigenvalue weighted by Gasteiger charge is -2.29. The van der Waals surface area contributed by atoms with Crippen LogP contribution in [0.3, 0.4) is 0 Å². The number of imide groups is 1. The summed E-state index contributed by atoms with van der Waals surface area (Å²) in [5, 5.41) is 4.37. The monoisotopic (exact) mass is 419 g/mol. The number of benzene rings is 2. The zero-order chi connectivity index (χ0) is 21.5. The summed E-state index contributed by atoms with van der Waals surface area (Å²) in [6.45, 7) is 3.97. The molecule has 2 aliphatic heterocycles. The van der Waals surface area contributed by atoms with Gasteiger partial charge in [0.15, 0.2) is 0 Å². The lowest BCUT2D eigenvalue weighted by atomic mass is 10.0. The molecule has 2 fully saturated rings. The molecule has 3 aromatic rings. The molecule has 0 unspecified atom stereocenters. The van der Waals surface area contributed by atoms with E-state index >= 15 is 0 Å². The van der Waals surface area contributed by atoms with E-state index in [0.717, 1.165) is 42.3 Å². The fourth-order valence-corrected chi connectivity index (χ4v) is 4.44. The fourth-order valence-electron chi connectivity index (χ4n) is 4.44. The third-order valence-corrected chi connectivity index (χ3v) is 6.17. The van der Waals surface area contributed by atoms with Crippen molar-refractivity contribution in [2.45, 2.75) is 19.3 Å². The number of piperidine rings is 1. The quantitative estimate of drug-likeness (QED) is 0.653. The van der Waals surface area contributed by atoms with Gasteiger partial charge in [0.1, 0.15) is 0 Å². The van der Waals surface area contributed by atoms with Gasteiger partial charge in [0.05, 0.1) is 11.0 Å².